The SMILES string of the molecule is Cl.c1ccc2c(c1)CCC1(CCCN1)C2. The molecule has 1 aromatic carbocycles. The van der Waals surface area contributed by atoms with E-state index < -0.39 is 0 Å². The Kier molecular flexibility index (Phi) is 3.03. The molecule has 1 atom stereocenters. The molecule has 1 unspecified atom stereocenters. The van der Waals surface area contributed by atoms with E-state index in [2.05, 4.69) is 29.6 Å². The first kappa shape index (κ1) is 11.0. The van der Waals surface area contributed by atoms with Crippen LogP contribution in [0.2, 0.25) is 0 Å². The molecule has 0 radical (unpaired) electrons. The summed E-state index contributed by atoms with van der Waals surface area (Å²) in [5.41, 5.74) is 3.62. The van der Waals surface area contributed by atoms with Crippen LogP contribution in [-0.2, 0) is 12.8 Å². The molecule has 0 aromatic heterocycles. The average Bonchev–Trinajstić information content (AvgIpc) is 2.66. The summed E-state index contributed by atoms with van der Waals surface area (Å²) in [4.78, 5) is 0. The predicted octanol–water partition coefficient (Wildman–Crippen LogP) is 2.72. The molecule has 1 nitrogen and oxygen atoms in total. The van der Waals surface area contributed by atoms with Crippen molar-refractivity contribution in [1.29, 1.82) is 0 Å². The van der Waals surface area contributed by atoms with Crippen molar-refractivity contribution in [2.45, 2.75) is 37.6 Å². The molecule has 0 amide bonds. The zero-order valence-corrected chi connectivity index (χ0v) is 9.78. The summed E-state index contributed by atoms with van der Waals surface area (Å²) in [5.74, 6) is 0. The van der Waals surface area contributed by atoms with Gasteiger partial charge >= 0.3 is 0 Å². The predicted molar refractivity (Wildman–Crippen MR) is 65.7 cm³/mol. The number of fused-ring (bicyclic) bond motifs is 1. The van der Waals surface area contributed by atoms with Gasteiger partial charge in [0.1, 0.15) is 0 Å². The van der Waals surface area contributed by atoms with Crippen molar-refractivity contribution in [3.8, 4) is 0 Å². The Hall–Kier alpha value is -0.530. The van der Waals surface area contributed by atoms with Crippen molar-refractivity contribution in [2.75, 3.05) is 6.54 Å². The maximum absolute atomic E-state index is 3.71. The monoisotopic (exact) mass is 223 g/mol. The molecule has 3 rings (SSSR count). The normalized spacial score (nSPS) is 28.5. The smallest absolute Gasteiger partial charge is 0.0225 e. The van der Waals surface area contributed by atoms with Gasteiger partial charge in [0.15, 0.2) is 0 Å². The number of benzene rings is 1. The fraction of sp³-hybridized carbons (Fsp3) is 0.538. The van der Waals surface area contributed by atoms with Crippen LogP contribution in [0.25, 0.3) is 0 Å². The van der Waals surface area contributed by atoms with Crippen LogP contribution in [-0.4, -0.2) is 12.1 Å². The second-order valence-corrected chi connectivity index (χ2v) is 4.76. The van der Waals surface area contributed by atoms with Gasteiger partial charge in [0.25, 0.3) is 0 Å². The lowest BCUT2D eigenvalue weighted by Gasteiger charge is -2.35. The molecule has 1 heterocycles. The minimum Gasteiger partial charge on any atom is -0.311 e. The first-order valence-electron chi connectivity index (χ1n) is 5.70. The fourth-order valence-electron chi connectivity index (χ4n) is 3.03. The fourth-order valence-corrected chi connectivity index (χ4v) is 3.03. The second-order valence-electron chi connectivity index (χ2n) is 4.76. The van der Waals surface area contributed by atoms with E-state index in [9.17, 15) is 0 Å². The number of rotatable bonds is 0. The highest BCUT2D eigenvalue weighted by Crippen LogP contribution is 2.34. The third-order valence-electron chi connectivity index (χ3n) is 3.85. The highest BCUT2D eigenvalue weighted by molar-refractivity contribution is 5.85. The molecule has 15 heavy (non-hydrogen) atoms. The Morgan fingerprint density at radius 3 is 2.60 bits per heavy atom. The van der Waals surface area contributed by atoms with Crippen LogP contribution in [0, 0.1) is 0 Å². The maximum Gasteiger partial charge on any atom is 0.0225 e. The molecule has 1 aromatic rings. The topological polar surface area (TPSA) is 12.0 Å². The number of aryl methyl sites for hydroxylation is 1. The average molecular weight is 224 g/mol. The summed E-state index contributed by atoms with van der Waals surface area (Å²) in [6, 6.07) is 8.93. The Labute approximate surface area is 97.7 Å². The summed E-state index contributed by atoms with van der Waals surface area (Å²) in [5, 5.41) is 3.71. The van der Waals surface area contributed by atoms with Gasteiger partial charge in [0.05, 0.1) is 0 Å². The van der Waals surface area contributed by atoms with Crippen molar-refractivity contribution in [2.24, 2.45) is 0 Å². The zero-order chi connectivity index (χ0) is 9.43. The minimum atomic E-state index is 0. The Morgan fingerprint density at radius 2 is 1.87 bits per heavy atom. The highest BCUT2D eigenvalue weighted by Gasteiger charge is 2.36. The van der Waals surface area contributed by atoms with Crippen molar-refractivity contribution in [3.63, 3.8) is 0 Å². The molecular formula is C13H18ClN. The van der Waals surface area contributed by atoms with Crippen molar-refractivity contribution in [3.05, 3.63) is 35.4 Å². The Bertz CT molecular complexity index is 342. The van der Waals surface area contributed by atoms with Gasteiger partial charge in [-0.1, -0.05) is 24.3 Å². The van der Waals surface area contributed by atoms with E-state index in [1.165, 1.54) is 38.6 Å². The molecule has 0 bridgehead atoms. The molecule has 1 saturated heterocycles. The third kappa shape index (κ3) is 1.91. The summed E-state index contributed by atoms with van der Waals surface area (Å²) in [7, 11) is 0. The lowest BCUT2D eigenvalue weighted by Crippen LogP contribution is -2.44. The lowest BCUT2D eigenvalue weighted by atomic mass is 9.77. The summed E-state index contributed by atoms with van der Waals surface area (Å²) in [6.45, 7) is 1.22. The largest absolute Gasteiger partial charge is 0.311 e. The van der Waals surface area contributed by atoms with Crippen LogP contribution in [0.15, 0.2) is 24.3 Å². The van der Waals surface area contributed by atoms with Gasteiger partial charge in [-0.2, -0.15) is 0 Å². The van der Waals surface area contributed by atoms with E-state index in [4.69, 9.17) is 0 Å². The van der Waals surface area contributed by atoms with Gasteiger partial charge in [-0.25, -0.2) is 0 Å². The maximum atomic E-state index is 3.71. The summed E-state index contributed by atoms with van der Waals surface area (Å²) >= 11 is 0. The van der Waals surface area contributed by atoms with Crippen molar-refractivity contribution < 1.29 is 0 Å². The number of nitrogens with one attached hydrogen (secondary N) is 1. The molecular weight excluding hydrogens is 206 g/mol. The number of hydrogen-bond donors (Lipinski definition) is 1. The van der Waals surface area contributed by atoms with E-state index in [0.717, 1.165) is 0 Å². The van der Waals surface area contributed by atoms with Gasteiger partial charge in [-0.15, -0.1) is 12.4 Å². The first-order valence-corrected chi connectivity index (χ1v) is 5.70. The van der Waals surface area contributed by atoms with Crippen LogP contribution < -0.4 is 5.32 Å². The van der Waals surface area contributed by atoms with Crippen molar-refractivity contribution in [1.82, 2.24) is 5.32 Å². The van der Waals surface area contributed by atoms with Crippen LogP contribution in [0.5, 0.6) is 0 Å². The van der Waals surface area contributed by atoms with Crippen LogP contribution in [0.4, 0.5) is 0 Å². The highest BCUT2D eigenvalue weighted by atomic mass is 35.5. The molecule has 2 heteroatoms. The molecule has 2 aliphatic rings. The van der Waals surface area contributed by atoms with E-state index in [1.807, 2.05) is 0 Å². The van der Waals surface area contributed by atoms with Crippen LogP contribution in [0.1, 0.15) is 30.4 Å². The van der Waals surface area contributed by atoms with Crippen LogP contribution in [0.3, 0.4) is 0 Å². The van der Waals surface area contributed by atoms with Gasteiger partial charge < -0.3 is 5.32 Å². The van der Waals surface area contributed by atoms with E-state index in [0.29, 0.717) is 5.54 Å². The number of hydrogen-bond acceptors (Lipinski definition) is 1. The quantitative estimate of drug-likeness (QED) is 0.713. The minimum absolute atomic E-state index is 0. The van der Waals surface area contributed by atoms with E-state index in [1.54, 1.807) is 11.1 Å². The molecule has 82 valence electrons. The molecule has 1 fully saturated rings. The molecule has 1 aliphatic heterocycles. The standard InChI is InChI=1S/C13H17N.ClH/c1-2-5-12-10-13(7-3-9-14-13)8-6-11(12)4-1;/h1-2,4-5,14H,3,6-10H2;1H. The molecule has 1 spiro atoms. The van der Waals surface area contributed by atoms with Crippen LogP contribution >= 0.6 is 12.4 Å². The summed E-state index contributed by atoms with van der Waals surface area (Å²) in [6.07, 6.45) is 6.60. The second kappa shape index (κ2) is 4.15. The van der Waals surface area contributed by atoms with Gasteiger partial charge in [-0.05, 0) is 49.8 Å². The van der Waals surface area contributed by atoms with E-state index in [-0.39, 0.29) is 12.4 Å². The van der Waals surface area contributed by atoms with Gasteiger partial charge in [0.2, 0.25) is 0 Å². The molecule has 1 N–H and O–H groups in total. The van der Waals surface area contributed by atoms with Gasteiger partial charge in [0, 0.05) is 5.54 Å². The number of halogens is 1. The Balaban J connectivity index is 0.000000853. The third-order valence-corrected chi connectivity index (χ3v) is 3.85. The van der Waals surface area contributed by atoms with Crippen molar-refractivity contribution >= 4 is 12.4 Å². The molecule has 1 aliphatic carbocycles. The molecule has 0 saturated carbocycles. The zero-order valence-electron chi connectivity index (χ0n) is 8.96. The lowest BCUT2D eigenvalue weighted by molar-refractivity contribution is 0.330. The first-order chi connectivity index (χ1) is 6.88. The van der Waals surface area contributed by atoms with E-state index >= 15 is 0 Å². The summed E-state index contributed by atoms with van der Waals surface area (Å²) < 4.78 is 0. The van der Waals surface area contributed by atoms with Gasteiger partial charge in [-0.3, -0.25) is 0 Å². The Morgan fingerprint density at radius 1 is 1.07 bits per heavy atom.